The van der Waals surface area contributed by atoms with Crippen LogP contribution in [0.3, 0.4) is 0 Å². The molecule has 1 amide bonds. The van der Waals surface area contributed by atoms with Crippen LogP contribution in [0, 0.1) is 0 Å². The maximum atomic E-state index is 12.5. The number of para-hydroxylation sites is 1. The van der Waals surface area contributed by atoms with Crippen LogP contribution < -0.4 is 5.32 Å². The summed E-state index contributed by atoms with van der Waals surface area (Å²) in [5.74, 6) is -0.122. The lowest BCUT2D eigenvalue weighted by molar-refractivity contribution is -0.117. The molecule has 0 bridgehead atoms. The number of carbonyl (C=O) groups is 1. The third-order valence-electron chi connectivity index (χ3n) is 4.73. The molecule has 1 atom stereocenters. The van der Waals surface area contributed by atoms with Crippen molar-refractivity contribution in [1.82, 2.24) is 10.3 Å². The van der Waals surface area contributed by atoms with Crippen molar-refractivity contribution in [3.8, 4) is 0 Å². The average Bonchev–Trinajstić information content (AvgIpc) is 2.71. The second-order valence-electron chi connectivity index (χ2n) is 6.55. The van der Waals surface area contributed by atoms with E-state index in [0.29, 0.717) is 0 Å². The first-order valence-electron chi connectivity index (χ1n) is 9.02. The lowest BCUT2D eigenvalue weighted by atomic mass is 9.99. The average molecular weight is 352 g/mol. The van der Waals surface area contributed by atoms with E-state index in [1.165, 1.54) is 5.39 Å². The van der Waals surface area contributed by atoms with Gasteiger partial charge in [-0.2, -0.15) is 0 Å². The Balaban J connectivity index is 1.54. The molecule has 1 heterocycles. The van der Waals surface area contributed by atoms with Crippen LogP contribution in [0.5, 0.6) is 0 Å². The highest BCUT2D eigenvalue weighted by Crippen LogP contribution is 2.24. The maximum absolute atomic E-state index is 12.5. The Morgan fingerprint density at radius 3 is 2.59 bits per heavy atom. The van der Waals surface area contributed by atoms with E-state index in [2.05, 4.69) is 34.6 Å². The van der Waals surface area contributed by atoms with Gasteiger partial charge in [-0.3, -0.25) is 9.78 Å². The van der Waals surface area contributed by atoms with E-state index in [0.717, 1.165) is 27.4 Å². The van der Waals surface area contributed by atoms with Gasteiger partial charge in [0.05, 0.1) is 11.6 Å². The second kappa shape index (κ2) is 7.42. The van der Waals surface area contributed by atoms with Gasteiger partial charge in [-0.15, -0.1) is 0 Å². The summed E-state index contributed by atoms with van der Waals surface area (Å²) in [5, 5.41) is 6.46. The fraction of sp³-hybridized carbons (Fsp3) is 0.0833. The van der Waals surface area contributed by atoms with Crippen LogP contribution >= 0.6 is 0 Å². The third-order valence-corrected chi connectivity index (χ3v) is 4.73. The number of hydrogen-bond acceptors (Lipinski definition) is 2. The predicted octanol–water partition coefficient (Wildman–Crippen LogP) is 5.28. The number of hydrogen-bond donors (Lipinski definition) is 1. The molecule has 4 rings (SSSR count). The molecule has 0 aliphatic carbocycles. The van der Waals surface area contributed by atoms with E-state index in [9.17, 15) is 4.79 Å². The number of rotatable bonds is 4. The van der Waals surface area contributed by atoms with Gasteiger partial charge in [0.25, 0.3) is 0 Å². The zero-order chi connectivity index (χ0) is 18.6. The molecule has 1 aromatic heterocycles. The Hall–Kier alpha value is -3.46. The van der Waals surface area contributed by atoms with Gasteiger partial charge in [-0.1, -0.05) is 66.7 Å². The Morgan fingerprint density at radius 2 is 1.67 bits per heavy atom. The molecule has 0 aliphatic rings. The van der Waals surface area contributed by atoms with E-state index in [-0.39, 0.29) is 11.9 Å². The summed E-state index contributed by atoms with van der Waals surface area (Å²) in [4.78, 5) is 16.9. The molecule has 0 aliphatic heterocycles. The van der Waals surface area contributed by atoms with Crippen molar-refractivity contribution >= 4 is 33.7 Å². The van der Waals surface area contributed by atoms with Gasteiger partial charge >= 0.3 is 0 Å². The van der Waals surface area contributed by atoms with Crippen LogP contribution in [0.15, 0.2) is 85.1 Å². The molecule has 132 valence electrons. The number of nitrogens with one attached hydrogen (secondary N) is 1. The molecule has 3 aromatic carbocycles. The van der Waals surface area contributed by atoms with Gasteiger partial charge in [0.15, 0.2) is 0 Å². The van der Waals surface area contributed by atoms with Gasteiger partial charge in [-0.25, -0.2) is 0 Å². The molecule has 1 N–H and O–H groups in total. The van der Waals surface area contributed by atoms with Crippen molar-refractivity contribution < 1.29 is 4.79 Å². The van der Waals surface area contributed by atoms with Crippen LogP contribution in [0.25, 0.3) is 27.8 Å². The summed E-state index contributed by atoms with van der Waals surface area (Å²) in [5.41, 5.74) is 2.94. The molecule has 3 heteroatoms. The van der Waals surface area contributed by atoms with Crippen LogP contribution in [-0.2, 0) is 4.79 Å². The second-order valence-corrected chi connectivity index (χ2v) is 6.55. The van der Waals surface area contributed by atoms with Gasteiger partial charge in [-0.05, 0) is 35.4 Å². The first kappa shape index (κ1) is 17.0. The molecule has 0 spiro atoms. The zero-order valence-corrected chi connectivity index (χ0v) is 15.1. The number of amides is 1. The van der Waals surface area contributed by atoms with Crippen LogP contribution in [0.4, 0.5) is 0 Å². The third kappa shape index (κ3) is 3.58. The predicted molar refractivity (Wildman–Crippen MR) is 111 cm³/mol. The van der Waals surface area contributed by atoms with Crippen molar-refractivity contribution in [3.63, 3.8) is 0 Å². The van der Waals surface area contributed by atoms with E-state index in [1.807, 2.05) is 61.5 Å². The Morgan fingerprint density at radius 1 is 0.926 bits per heavy atom. The topological polar surface area (TPSA) is 42.0 Å². The van der Waals surface area contributed by atoms with Gasteiger partial charge in [0.2, 0.25) is 5.91 Å². The molecule has 27 heavy (non-hydrogen) atoms. The van der Waals surface area contributed by atoms with E-state index >= 15 is 0 Å². The maximum Gasteiger partial charge on any atom is 0.244 e. The Labute approximate surface area is 158 Å². The number of aromatic nitrogens is 1. The number of nitrogens with zero attached hydrogens (tertiary/aromatic N) is 1. The molecule has 0 fully saturated rings. The molecule has 0 saturated heterocycles. The molecule has 0 saturated carbocycles. The van der Waals surface area contributed by atoms with E-state index in [1.54, 1.807) is 12.3 Å². The highest BCUT2D eigenvalue weighted by atomic mass is 16.1. The minimum Gasteiger partial charge on any atom is -0.346 e. The highest BCUT2D eigenvalue weighted by molar-refractivity contribution is 5.96. The van der Waals surface area contributed by atoms with Crippen LogP contribution in [-0.4, -0.2) is 10.9 Å². The lowest BCUT2D eigenvalue weighted by Gasteiger charge is -2.15. The summed E-state index contributed by atoms with van der Waals surface area (Å²) in [6, 6.07) is 24.2. The number of pyridine rings is 1. The molecule has 4 aromatic rings. The summed E-state index contributed by atoms with van der Waals surface area (Å²) in [6.07, 6.45) is 5.16. The fourth-order valence-corrected chi connectivity index (χ4v) is 3.40. The smallest absolute Gasteiger partial charge is 0.244 e. The first-order valence-corrected chi connectivity index (χ1v) is 9.02. The van der Waals surface area contributed by atoms with Gasteiger partial charge in [0, 0.05) is 23.2 Å². The largest absolute Gasteiger partial charge is 0.346 e. The van der Waals surface area contributed by atoms with Crippen molar-refractivity contribution in [3.05, 3.63) is 96.2 Å². The molecule has 1 unspecified atom stereocenters. The summed E-state index contributed by atoms with van der Waals surface area (Å²) in [7, 11) is 0. The Kier molecular flexibility index (Phi) is 4.67. The zero-order valence-electron chi connectivity index (χ0n) is 15.1. The molecular weight excluding hydrogens is 332 g/mol. The quantitative estimate of drug-likeness (QED) is 0.508. The fourth-order valence-electron chi connectivity index (χ4n) is 3.40. The van der Waals surface area contributed by atoms with Crippen molar-refractivity contribution in [2.24, 2.45) is 0 Å². The van der Waals surface area contributed by atoms with Crippen LogP contribution in [0.2, 0.25) is 0 Å². The Bertz CT molecular complexity index is 1140. The number of benzene rings is 3. The minimum atomic E-state index is -0.122. The van der Waals surface area contributed by atoms with Gasteiger partial charge < -0.3 is 5.32 Å². The van der Waals surface area contributed by atoms with E-state index in [4.69, 9.17) is 0 Å². The van der Waals surface area contributed by atoms with Crippen LogP contribution in [0.1, 0.15) is 24.1 Å². The molecule has 3 nitrogen and oxygen atoms in total. The van der Waals surface area contributed by atoms with E-state index < -0.39 is 0 Å². The lowest BCUT2D eigenvalue weighted by Crippen LogP contribution is -2.24. The summed E-state index contributed by atoms with van der Waals surface area (Å²) in [6.45, 7) is 2.01. The SMILES string of the molecule is CC(NC(=O)/C=C/c1cccc2cccnc12)c1cccc2ccccc12. The highest BCUT2D eigenvalue weighted by Gasteiger charge is 2.10. The monoisotopic (exact) mass is 352 g/mol. The standard InChI is InChI=1S/C24H20N2O/c1-17(21-13-5-8-18-7-2-3-12-22(18)21)26-23(27)15-14-20-10-4-9-19-11-6-16-25-24(19)20/h2-17H,1H3,(H,26,27)/b15-14+. The van der Waals surface area contributed by atoms with Gasteiger partial charge in [0.1, 0.15) is 0 Å². The normalized spacial score (nSPS) is 12.5. The summed E-state index contributed by atoms with van der Waals surface area (Å²) >= 11 is 0. The number of fused-ring (bicyclic) bond motifs is 2. The molecular formula is C24H20N2O. The first-order chi connectivity index (χ1) is 13.2. The van der Waals surface area contributed by atoms with Crippen molar-refractivity contribution in [2.75, 3.05) is 0 Å². The summed E-state index contributed by atoms with van der Waals surface area (Å²) < 4.78 is 0. The van der Waals surface area contributed by atoms with Crippen molar-refractivity contribution in [2.45, 2.75) is 13.0 Å². The number of carbonyl (C=O) groups excluding carboxylic acids is 1. The minimum absolute atomic E-state index is 0.0844. The van der Waals surface area contributed by atoms with Crippen molar-refractivity contribution in [1.29, 1.82) is 0 Å². The molecule has 0 radical (unpaired) electrons.